The van der Waals surface area contributed by atoms with E-state index in [0.717, 1.165) is 11.5 Å². The molecule has 2 heterocycles. The fraction of sp³-hybridized carbons (Fsp3) is 0.122. The van der Waals surface area contributed by atoms with Crippen LogP contribution in [0.2, 0.25) is 13.1 Å². The van der Waals surface area contributed by atoms with Crippen LogP contribution in [0.3, 0.4) is 0 Å². The molecule has 0 fully saturated rings. The second-order valence-electron chi connectivity index (χ2n) is 13.3. The monoisotopic (exact) mass is 600 g/mol. The van der Waals surface area contributed by atoms with E-state index < -0.39 is 8.07 Å². The van der Waals surface area contributed by atoms with Crippen molar-refractivity contribution < 1.29 is 4.74 Å². The number of thiophene rings is 1. The highest BCUT2D eigenvalue weighted by Crippen LogP contribution is 2.54. The quantitative estimate of drug-likeness (QED) is 0.179. The van der Waals surface area contributed by atoms with Gasteiger partial charge in [-0.25, -0.2) is 0 Å². The van der Waals surface area contributed by atoms with Crippen LogP contribution in [0.25, 0.3) is 53.6 Å². The van der Waals surface area contributed by atoms with Gasteiger partial charge in [0.2, 0.25) is 0 Å². The van der Waals surface area contributed by atoms with E-state index in [9.17, 15) is 0 Å². The molecule has 212 valence electrons. The van der Waals surface area contributed by atoms with Gasteiger partial charge in [-0.2, -0.15) is 0 Å². The molecule has 0 atom stereocenters. The summed E-state index contributed by atoms with van der Waals surface area (Å²) >= 11 is 1.89. The SMILES string of the molecule is CC1(C)c2cc(-c3cccc(-c4cccc5c4sc4ccccc45)c3)ccc2-c2c1ccc1c2Oc2ccccc2[Si]1(C)C. The van der Waals surface area contributed by atoms with Crippen molar-refractivity contribution in [3.8, 4) is 44.9 Å². The Morgan fingerprint density at radius 3 is 2.25 bits per heavy atom. The van der Waals surface area contributed by atoms with Crippen LogP contribution in [0.1, 0.15) is 25.0 Å². The van der Waals surface area contributed by atoms with E-state index >= 15 is 0 Å². The molecule has 0 unspecified atom stereocenters. The molecule has 1 aliphatic heterocycles. The van der Waals surface area contributed by atoms with E-state index in [4.69, 9.17) is 4.74 Å². The lowest BCUT2D eigenvalue weighted by Gasteiger charge is -2.34. The first-order chi connectivity index (χ1) is 21.3. The molecule has 1 nitrogen and oxygen atoms in total. The fourth-order valence-electron chi connectivity index (χ4n) is 7.74. The highest BCUT2D eigenvalue weighted by Gasteiger charge is 2.43. The van der Waals surface area contributed by atoms with E-state index in [2.05, 4.69) is 148 Å². The highest BCUT2D eigenvalue weighted by molar-refractivity contribution is 7.26. The molecule has 0 radical (unpaired) electrons. The smallest absolute Gasteiger partial charge is 0.135 e. The molecule has 0 saturated carbocycles. The van der Waals surface area contributed by atoms with Gasteiger partial charge in [0.05, 0.1) is 0 Å². The van der Waals surface area contributed by atoms with Crippen molar-refractivity contribution in [1.29, 1.82) is 0 Å². The molecule has 3 heteroatoms. The third-order valence-corrected chi connectivity index (χ3v) is 14.9. The standard InChI is InChI=1S/C41H32OSSi/c1-41(2)32-21-22-37-39(42-34-16-6-8-18-36(34)44(37,3)4)38(32)31-20-19-26(24-33(31)41)25-11-9-12-27(23-25)28-14-10-15-30-29-13-5-7-17-35(29)43-40(28)30/h5-24H,1-4H3. The average molecular weight is 601 g/mol. The number of hydrogen-bond acceptors (Lipinski definition) is 2. The first kappa shape index (κ1) is 26.0. The van der Waals surface area contributed by atoms with E-state index in [1.165, 1.54) is 75.1 Å². The van der Waals surface area contributed by atoms with Crippen molar-refractivity contribution in [3.63, 3.8) is 0 Å². The molecule has 0 amide bonds. The van der Waals surface area contributed by atoms with Gasteiger partial charge >= 0.3 is 0 Å². The molecule has 44 heavy (non-hydrogen) atoms. The van der Waals surface area contributed by atoms with Crippen molar-refractivity contribution in [2.24, 2.45) is 0 Å². The molecule has 1 aliphatic carbocycles. The zero-order valence-electron chi connectivity index (χ0n) is 25.4. The zero-order chi connectivity index (χ0) is 29.8. The summed E-state index contributed by atoms with van der Waals surface area (Å²) in [5.41, 5.74) is 10.3. The fourth-order valence-corrected chi connectivity index (χ4v) is 11.8. The molecule has 0 bridgehead atoms. The van der Waals surface area contributed by atoms with E-state index in [1.54, 1.807) is 0 Å². The Bertz CT molecular complexity index is 2320. The number of rotatable bonds is 2. The Morgan fingerprint density at radius 2 is 1.34 bits per heavy atom. The first-order valence-electron chi connectivity index (χ1n) is 15.4. The van der Waals surface area contributed by atoms with Crippen molar-refractivity contribution >= 4 is 50.0 Å². The largest absolute Gasteiger partial charge is 0.457 e. The van der Waals surface area contributed by atoms with Crippen molar-refractivity contribution in [2.75, 3.05) is 0 Å². The van der Waals surface area contributed by atoms with E-state index in [1.807, 2.05) is 11.3 Å². The van der Waals surface area contributed by atoms with Gasteiger partial charge in [-0.05, 0) is 73.6 Å². The Hall–Kier alpha value is -4.44. The van der Waals surface area contributed by atoms with Gasteiger partial charge in [0.25, 0.3) is 0 Å². The molecule has 9 rings (SSSR count). The van der Waals surface area contributed by atoms with Crippen LogP contribution in [-0.4, -0.2) is 8.07 Å². The van der Waals surface area contributed by atoms with Crippen molar-refractivity contribution in [2.45, 2.75) is 32.4 Å². The molecular formula is C41H32OSSi. The number of ether oxygens (including phenoxy) is 1. The summed E-state index contributed by atoms with van der Waals surface area (Å²) in [6.07, 6.45) is 0. The molecular weight excluding hydrogens is 569 g/mol. The lowest BCUT2D eigenvalue weighted by Crippen LogP contribution is -2.56. The molecule has 0 spiro atoms. The van der Waals surface area contributed by atoms with Crippen LogP contribution in [0.5, 0.6) is 11.5 Å². The van der Waals surface area contributed by atoms with Gasteiger partial charge < -0.3 is 4.74 Å². The van der Waals surface area contributed by atoms with E-state index in [-0.39, 0.29) is 5.41 Å². The lowest BCUT2D eigenvalue weighted by molar-refractivity contribution is 0.487. The number of para-hydroxylation sites is 1. The normalized spacial score (nSPS) is 15.4. The second kappa shape index (κ2) is 9.04. The molecule has 1 aromatic heterocycles. The minimum Gasteiger partial charge on any atom is -0.457 e. The van der Waals surface area contributed by atoms with Crippen molar-refractivity contribution in [3.05, 3.63) is 132 Å². The maximum absolute atomic E-state index is 6.78. The van der Waals surface area contributed by atoms with Crippen molar-refractivity contribution in [1.82, 2.24) is 0 Å². The Morgan fingerprint density at radius 1 is 0.591 bits per heavy atom. The number of fused-ring (bicyclic) bond motifs is 9. The third kappa shape index (κ3) is 3.51. The Balaban J connectivity index is 1.17. The Labute approximate surface area is 263 Å². The van der Waals surface area contributed by atoms with Crippen LogP contribution in [0.4, 0.5) is 0 Å². The van der Waals surface area contributed by atoms with Gasteiger partial charge in [0.1, 0.15) is 19.6 Å². The van der Waals surface area contributed by atoms with E-state index in [0.29, 0.717) is 0 Å². The lowest BCUT2D eigenvalue weighted by atomic mass is 9.81. The van der Waals surface area contributed by atoms with Crippen LogP contribution in [-0.2, 0) is 5.41 Å². The molecule has 7 aromatic rings. The number of hydrogen-bond donors (Lipinski definition) is 0. The minimum atomic E-state index is -1.90. The summed E-state index contributed by atoms with van der Waals surface area (Å²) in [5.74, 6) is 2.11. The van der Waals surface area contributed by atoms with Crippen LogP contribution in [0, 0.1) is 0 Å². The summed E-state index contributed by atoms with van der Waals surface area (Å²) in [6.45, 7) is 9.64. The highest BCUT2D eigenvalue weighted by atomic mass is 32.1. The predicted octanol–water partition coefficient (Wildman–Crippen LogP) is 10.6. The summed E-state index contributed by atoms with van der Waals surface area (Å²) in [4.78, 5) is 0. The summed E-state index contributed by atoms with van der Waals surface area (Å²) in [5, 5.41) is 5.45. The van der Waals surface area contributed by atoms with Gasteiger partial charge in [-0.15, -0.1) is 11.3 Å². The molecule has 2 aliphatic rings. The summed E-state index contributed by atoms with van der Waals surface area (Å²) in [6, 6.07) is 45.0. The van der Waals surface area contributed by atoms with Gasteiger partial charge in [-0.3, -0.25) is 0 Å². The van der Waals surface area contributed by atoms with Gasteiger partial charge in [0.15, 0.2) is 0 Å². The van der Waals surface area contributed by atoms with Crippen LogP contribution < -0.4 is 15.1 Å². The summed E-state index contributed by atoms with van der Waals surface area (Å²) in [7, 11) is -1.90. The predicted molar refractivity (Wildman–Crippen MR) is 191 cm³/mol. The van der Waals surface area contributed by atoms with Crippen LogP contribution >= 0.6 is 11.3 Å². The number of benzene rings is 6. The van der Waals surface area contributed by atoms with Crippen LogP contribution in [0.15, 0.2) is 121 Å². The molecule has 0 saturated heterocycles. The third-order valence-electron chi connectivity index (χ3n) is 10.2. The summed E-state index contributed by atoms with van der Waals surface area (Å²) < 4.78 is 9.47. The van der Waals surface area contributed by atoms with Gasteiger partial charge in [-0.1, -0.05) is 124 Å². The molecule has 0 N–H and O–H groups in total. The maximum atomic E-state index is 6.78. The zero-order valence-corrected chi connectivity index (χ0v) is 27.2. The first-order valence-corrected chi connectivity index (χ1v) is 19.3. The topological polar surface area (TPSA) is 9.23 Å². The Kier molecular flexibility index (Phi) is 5.34. The minimum absolute atomic E-state index is 0.123. The second-order valence-corrected chi connectivity index (χ2v) is 18.7. The van der Waals surface area contributed by atoms with Gasteiger partial charge in [0, 0.05) is 31.2 Å². The maximum Gasteiger partial charge on any atom is 0.135 e. The average Bonchev–Trinajstić information content (AvgIpc) is 3.53. The molecule has 6 aromatic carbocycles.